The second-order valence-corrected chi connectivity index (χ2v) is 5.90. The molecule has 4 nitrogen and oxygen atoms in total. The van der Waals surface area contributed by atoms with Crippen LogP contribution in [0.2, 0.25) is 0 Å². The van der Waals surface area contributed by atoms with E-state index >= 15 is 0 Å². The Morgan fingerprint density at radius 1 is 1.30 bits per heavy atom. The van der Waals surface area contributed by atoms with Gasteiger partial charge in [0.25, 0.3) is 0 Å². The fourth-order valence-corrected chi connectivity index (χ4v) is 1.86. The molecule has 4 heteroatoms. The van der Waals surface area contributed by atoms with E-state index < -0.39 is 0 Å². The highest BCUT2D eigenvalue weighted by molar-refractivity contribution is 5.40. The van der Waals surface area contributed by atoms with Crippen LogP contribution in [0.15, 0.2) is 18.3 Å². The molecule has 0 aromatic carbocycles. The lowest BCUT2D eigenvalue weighted by molar-refractivity contribution is 0.154. The molecule has 1 aromatic heterocycles. The van der Waals surface area contributed by atoms with E-state index in [9.17, 15) is 0 Å². The molecular weight excluding hydrogens is 250 g/mol. The number of ether oxygens (including phenoxy) is 1. The van der Waals surface area contributed by atoms with Crippen LogP contribution in [-0.2, 0) is 11.3 Å². The summed E-state index contributed by atoms with van der Waals surface area (Å²) in [6.07, 6.45) is 1.89. The minimum Gasteiger partial charge on any atom is -0.380 e. The first-order valence-corrected chi connectivity index (χ1v) is 7.49. The Bertz CT molecular complexity index is 388. The third-order valence-corrected chi connectivity index (χ3v) is 3.05. The van der Waals surface area contributed by atoms with Crippen LogP contribution < -0.4 is 10.2 Å². The highest BCUT2D eigenvalue weighted by Gasteiger charge is 2.10. The summed E-state index contributed by atoms with van der Waals surface area (Å²) in [5, 5.41) is 3.50. The van der Waals surface area contributed by atoms with E-state index in [1.165, 1.54) is 5.56 Å². The molecule has 0 aliphatic rings. The zero-order chi connectivity index (χ0) is 15.0. The lowest BCUT2D eigenvalue weighted by Crippen LogP contribution is -2.35. The summed E-state index contributed by atoms with van der Waals surface area (Å²) in [6.45, 7) is 14.9. The maximum absolute atomic E-state index is 5.43. The largest absolute Gasteiger partial charge is 0.380 e. The number of hydrogen-bond acceptors (Lipinski definition) is 4. The van der Waals surface area contributed by atoms with Gasteiger partial charge in [0, 0.05) is 38.0 Å². The molecule has 0 radical (unpaired) electrons. The molecule has 0 bridgehead atoms. The number of nitrogens with zero attached hydrogens (tertiary/aromatic N) is 2. The van der Waals surface area contributed by atoms with Crippen molar-refractivity contribution < 1.29 is 4.74 Å². The summed E-state index contributed by atoms with van der Waals surface area (Å²) < 4.78 is 5.43. The summed E-state index contributed by atoms with van der Waals surface area (Å²) in [7, 11) is 0. The van der Waals surface area contributed by atoms with Gasteiger partial charge in [-0.15, -0.1) is 0 Å². The molecule has 1 N–H and O–H groups in total. The summed E-state index contributed by atoms with van der Waals surface area (Å²) in [5.41, 5.74) is 1.39. The molecule has 20 heavy (non-hydrogen) atoms. The zero-order valence-electron chi connectivity index (χ0n) is 13.6. The molecule has 1 rings (SSSR count). The van der Waals surface area contributed by atoms with Gasteiger partial charge in [-0.25, -0.2) is 4.98 Å². The van der Waals surface area contributed by atoms with Crippen molar-refractivity contribution in [1.29, 1.82) is 0 Å². The standard InChI is InChI=1S/C16H29N3O/c1-6-19(10-11-20-7-2)15-12-14(8-9-17-15)13-18-16(3,4)5/h8-9,12,18H,6-7,10-11,13H2,1-5H3. The predicted octanol–water partition coefficient (Wildman–Crippen LogP) is 2.83. The molecule has 0 aliphatic carbocycles. The van der Waals surface area contributed by atoms with Gasteiger partial charge in [0.2, 0.25) is 0 Å². The molecule has 0 unspecified atom stereocenters. The first-order valence-electron chi connectivity index (χ1n) is 7.49. The van der Waals surface area contributed by atoms with Crippen LogP contribution in [0, 0.1) is 0 Å². The molecule has 0 aliphatic heterocycles. The van der Waals surface area contributed by atoms with E-state index in [0.29, 0.717) is 0 Å². The number of nitrogens with one attached hydrogen (secondary N) is 1. The van der Waals surface area contributed by atoms with Gasteiger partial charge < -0.3 is 15.0 Å². The molecule has 0 atom stereocenters. The van der Waals surface area contributed by atoms with E-state index in [2.05, 4.69) is 55.0 Å². The zero-order valence-corrected chi connectivity index (χ0v) is 13.6. The van der Waals surface area contributed by atoms with Gasteiger partial charge in [0.1, 0.15) is 5.82 Å². The van der Waals surface area contributed by atoms with Crippen molar-refractivity contribution in [3.63, 3.8) is 0 Å². The quantitative estimate of drug-likeness (QED) is 0.743. The molecule has 0 saturated carbocycles. The SMILES string of the molecule is CCOCCN(CC)c1cc(CNC(C)(C)C)ccn1. The number of anilines is 1. The van der Waals surface area contributed by atoms with E-state index in [-0.39, 0.29) is 5.54 Å². The van der Waals surface area contributed by atoms with Crippen molar-refractivity contribution >= 4 is 5.82 Å². The lowest BCUT2D eigenvalue weighted by atomic mass is 10.1. The van der Waals surface area contributed by atoms with Crippen molar-refractivity contribution in [2.75, 3.05) is 31.2 Å². The van der Waals surface area contributed by atoms with Gasteiger partial charge in [0.05, 0.1) is 6.61 Å². The summed E-state index contributed by atoms with van der Waals surface area (Å²) in [4.78, 5) is 6.72. The monoisotopic (exact) mass is 279 g/mol. The first kappa shape index (κ1) is 16.9. The minimum atomic E-state index is 0.128. The fraction of sp³-hybridized carbons (Fsp3) is 0.688. The smallest absolute Gasteiger partial charge is 0.128 e. The molecule has 0 saturated heterocycles. The number of hydrogen-bond donors (Lipinski definition) is 1. The molecule has 1 heterocycles. The molecule has 114 valence electrons. The molecule has 1 aromatic rings. The Morgan fingerprint density at radius 3 is 2.65 bits per heavy atom. The molecule has 0 fully saturated rings. The van der Waals surface area contributed by atoms with Gasteiger partial charge in [-0.05, 0) is 52.3 Å². The van der Waals surface area contributed by atoms with E-state index in [4.69, 9.17) is 4.74 Å². The maximum Gasteiger partial charge on any atom is 0.128 e. The second-order valence-electron chi connectivity index (χ2n) is 5.90. The van der Waals surface area contributed by atoms with Gasteiger partial charge in [-0.2, -0.15) is 0 Å². The molecule has 0 amide bonds. The summed E-state index contributed by atoms with van der Waals surface area (Å²) in [5.74, 6) is 1.03. The second kappa shape index (κ2) is 8.22. The van der Waals surface area contributed by atoms with E-state index in [0.717, 1.165) is 38.7 Å². The Morgan fingerprint density at radius 2 is 2.05 bits per heavy atom. The molecular formula is C16H29N3O. The van der Waals surface area contributed by atoms with Crippen molar-refractivity contribution in [2.24, 2.45) is 0 Å². The van der Waals surface area contributed by atoms with Crippen molar-refractivity contribution in [3.05, 3.63) is 23.9 Å². The van der Waals surface area contributed by atoms with Crippen molar-refractivity contribution in [3.8, 4) is 0 Å². The number of aromatic nitrogens is 1. The van der Waals surface area contributed by atoms with Crippen molar-refractivity contribution in [2.45, 2.75) is 46.7 Å². The van der Waals surface area contributed by atoms with Crippen molar-refractivity contribution in [1.82, 2.24) is 10.3 Å². The van der Waals surface area contributed by atoms with E-state index in [1.807, 2.05) is 13.1 Å². The van der Waals surface area contributed by atoms with Gasteiger partial charge >= 0.3 is 0 Å². The average molecular weight is 279 g/mol. The highest BCUT2D eigenvalue weighted by Crippen LogP contribution is 2.13. The van der Waals surface area contributed by atoms with Crippen LogP contribution in [0.5, 0.6) is 0 Å². The van der Waals surface area contributed by atoms with Crippen LogP contribution in [0.4, 0.5) is 5.82 Å². The Labute approximate surface area is 123 Å². The van der Waals surface area contributed by atoms with Crippen LogP contribution in [-0.4, -0.2) is 36.8 Å². The third-order valence-electron chi connectivity index (χ3n) is 3.05. The van der Waals surface area contributed by atoms with Crippen LogP contribution >= 0.6 is 0 Å². The molecule has 0 spiro atoms. The predicted molar refractivity (Wildman–Crippen MR) is 85.2 cm³/mol. The van der Waals surface area contributed by atoms with Crippen LogP contribution in [0.25, 0.3) is 0 Å². The van der Waals surface area contributed by atoms with Crippen LogP contribution in [0.3, 0.4) is 0 Å². The first-order chi connectivity index (χ1) is 9.46. The van der Waals surface area contributed by atoms with Gasteiger partial charge in [0.15, 0.2) is 0 Å². The third kappa shape index (κ3) is 6.35. The van der Waals surface area contributed by atoms with E-state index in [1.54, 1.807) is 0 Å². The normalized spacial score (nSPS) is 11.7. The summed E-state index contributed by atoms with van der Waals surface area (Å²) >= 11 is 0. The number of rotatable bonds is 8. The maximum atomic E-state index is 5.43. The summed E-state index contributed by atoms with van der Waals surface area (Å²) in [6, 6.07) is 4.23. The van der Waals surface area contributed by atoms with Gasteiger partial charge in [-0.1, -0.05) is 0 Å². The Hall–Kier alpha value is -1.13. The van der Waals surface area contributed by atoms with Gasteiger partial charge in [-0.3, -0.25) is 0 Å². The van der Waals surface area contributed by atoms with Crippen LogP contribution in [0.1, 0.15) is 40.2 Å². The average Bonchev–Trinajstić information content (AvgIpc) is 2.41. The topological polar surface area (TPSA) is 37.4 Å². The minimum absolute atomic E-state index is 0.128. The Balaban J connectivity index is 2.64. The highest BCUT2D eigenvalue weighted by atomic mass is 16.5. The number of pyridine rings is 1. The Kier molecular flexibility index (Phi) is 6.96. The number of likely N-dealkylation sites (N-methyl/N-ethyl adjacent to an activating group) is 1. The lowest BCUT2D eigenvalue weighted by Gasteiger charge is -2.23. The fourth-order valence-electron chi connectivity index (χ4n) is 1.86.